The Morgan fingerprint density at radius 3 is 2.72 bits per heavy atom. The van der Waals surface area contributed by atoms with Gasteiger partial charge >= 0.3 is 0 Å². The predicted octanol–water partition coefficient (Wildman–Crippen LogP) is 1.56. The normalized spacial score (nSPS) is 10.3. The molecule has 5 nitrogen and oxygen atoms in total. The second-order valence-electron chi connectivity index (χ2n) is 3.93. The lowest BCUT2D eigenvalue weighted by Gasteiger charge is -2.05. The molecule has 0 aromatic carbocycles. The van der Waals surface area contributed by atoms with Gasteiger partial charge in [0.1, 0.15) is 5.82 Å². The second kappa shape index (κ2) is 6.66. The minimum Gasteiger partial charge on any atom is -0.369 e. The van der Waals surface area contributed by atoms with Crippen LogP contribution < -0.4 is 10.6 Å². The van der Waals surface area contributed by atoms with Gasteiger partial charge in [-0.25, -0.2) is 0 Å². The summed E-state index contributed by atoms with van der Waals surface area (Å²) < 4.78 is 0. The number of anilines is 1. The number of nitrogens with one attached hydrogen (secondary N) is 2. The highest BCUT2D eigenvalue weighted by Crippen LogP contribution is 2.14. The molecule has 94 valence electrons. The van der Waals surface area contributed by atoms with Crippen molar-refractivity contribution in [3.05, 3.63) is 36.7 Å². The molecule has 0 aliphatic rings. The van der Waals surface area contributed by atoms with E-state index in [1.165, 1.54) is 0 Å². The van der Waals surface area contributed by atoms with E-state index in [-0.39, 0.29) is 0 Å². The smallest absolute Gasteiger partial charge is 0.148 e. The van der Waals surface area contributed by atoms with E-state index in [9.17, 15) is 0 Å². The van der Waals surface area contributed by atoms with Gasteiger partial charge in [-0.2, -0.15) is 0 Å². The van der Waals surface area contributed by atoms with Crippen LogP contribution in [-0.4, -0.2) is 35.3 Å². The Hall–Kier alpha value is -2.01. The second-order valence-corrected chi connectivity index (χ2v) is 3.93. The fraction of sp³-hybridized carbons (Fsp3) is 0.308. The molecule has 2 N–H and O–H groups in total. The molecule has 0 aliphatic heterocycles. The first-order valence-electron chi connectivity index (χ1n) is 6.03. The summed E-state index contributed by atoms with van der Waals surface area (Å²) in [6.45, 7) is 1.88. The van der Waals surface area contributed by atoms with E-state index in [1.54, 1.807) is 12.4 Å². The molecule has 5 heteroatoms. The largest absolute Gasteiger partial charge is 0.369 e. The molecular weight excluding hydrogens is 226 g/mol. The average molecular weight is 243 g/mol. The van der Waals surface area contributed by atoms with Gasteiger partial charge in [0.2, 0.25) is 0 Å². The van der Waals surface area contributed by atoms with Gasteiger partial charge in [-0.15, -0.1) is 10.2 Å². The molecule has 0 saturated heterocycles. The van der Waals surface area contributed by atoms with Crippen LogP contribution >= 0.6 is 0 Å². The number of aromatic nitrogens is 3. The summed E-state index contributed by atoms with van der Waals surface area (Å²) >= 11 is 0. The molecule has 2 heterocycles. The summed E-state index contributed by atoms with van der Waals surface area (Å²) in [5.74, 6) is 0.804. The molecule has 0 radical (unpaired) electrons. The maximum absolute atomic E-state index is 4.18. The summed E-state index contributed by atoms with van der Waals surface area (Å²) in [6, 6.07) is 7.75. The van der Waals surface area contributed by atoms with E-state index in [0.717, 1.165) is 36.6 Å². The standard InChI is InChI=1S/C13H17N5/c1-14-7-3-9-16-13-6-5-12(17-18-13)11-4-2-8-15-10-11/h2,4-6,8,10,14H,3,7,9H2,1H3,(H,16,18). The third-order valence-electron chi connectivity index (χ3n) is 2.53. The first kappa shape index (κ1) is 12.4. The van der Waals surface area contributed by atoms with Crippen molar-refractivity contribution in [3.63, 3.8) is 0 Å². The fourth-order valence-electron chi connectivity index (χ4n) is 1.58. The van der Waals surface area contributed by atoms with Crippen molar-refractivity contribution >= 4 is 5.82 Å². The topological polar surface area (TPSA) is 62.7 Å². The van der Waals surface area contributed by atoms with Crippen molar-refractivity contribution in [1.29, 1.82) is 0 Å². The monoisotopic (exact) mass is 243 g/mol. The van der Waals surface area contributed by atoms with Crippen LogP contribution in [0, 0.1) is 0 Å². The van der Waals surface area contributed by atoms with Gasteiger partial charge in [0.25, 0.3) is 0 Å². The van der Waals surface area contributed by atoms with Crippen molar-refractivity contribution < 1.29 is 0 Å². The maximum atomic E-state index is 4.18. The molecule has 2 rings (SSSR count). The molecule has 0 unspecified atom stereocenters. The van der Waals surface area contributed by atoms with Crippen LogP contribution in [0.4, 0.5) is 5.82 Å². The highest BCUT2D eigenvalue weighted by molar-refractivity contribution is 5.57. The van der Waals surface area contributed by atoms with Gasteiger partial charge in [0.15, 0.2) is 0 Å². The first-order chi connectivity index (χ1) is 8.90. The van der Waals surface area contributed by atoms with Crippen LogP contribution in [0.25, 0.3) is 11.3 Å². The lowest BCUT2D eigenvalue weighted by Crippen LogP contribution is -2.13. The van der Waals surface area contributed by atoms with Gasteiger partial charge in [0, 0.05) is 24.5 Å². The minimum absolute atomic E-state index is 0.804. The van der Waals surface area contributed by atoms with Crippen LogP contribution in [0.5, 0.6) is 0 Å². The Morgan fingerprint density at radius 2 is 2.06 bits per heavy atom. The van der Waals surface area contributed by atoms with Crippen LogP contribution in [0.15, 0.2) is 36.7 Å². The number of hydrogen-bond acceptors (Lipinski definition) is 5. The predicted molar refractivity (Wildman–Crippen MR) is 72.3 cm³/mol. The van der Waals surface area contributed by atoms with Crippen LogP contribution in [0.3, 0.4) is 0 Å². The molecule has 0 spiro atoms. The van der Waals surface area contributed by atoms with E-state index >= 15 is 0 Å². The Morgan fingerprint density at radius 1 is 1.11 bits per heavy atom. The van der Waals surface area contributed by atoms with Crippen LogP contribution in [-0.2, 0) is 0 Å². The van der Waals surface area contributed by atoms with Crippen molar-refractivity contribution in [2.75, 3.05) is 25.5 Å². The van der Waals surface area contributed by atoms with Crippen molar-refractivity contribution in [1.82, 2.24) is 20.5 Å². The minimum atomic E-state index is 0.804. The lowest BCUT2D eigenvalue weighted by atomic mass is 10.2. The molecule has 0 saturated carbocycles. The molecule has 2 aromatic heterocycles. The van der Waals surface area contributed by atoms with Gasteiger partial charge in [-0.3, -0.25) is 4.98 Å². The van der Waals surface area contributed by atoms with Gasteiger partial charge < -0.3 is 10.6 Å². The highest BCUT2D eigenvalue weighted by Gasteiger charge is 2.00. The molecule has 0 aliphatic carbocycles. The number of hydrogen-bond donors (Lipinski definition) is 2. The van der Waals surface area contributed by atoms with Gasteiger partial charge in [0.05, 0.1) is 5.69 Å². The summed E-state index contributed by atoms with van der Waals surface area (Å²) in [6.07, 6.45) is 4.58. The third kappa shape index (κ3) is 3.49. The number of nitrogens with zero attached hydrogens (tertiary/aromatic N) is 3. The zero-order valence-electron chi connectivity index (χ0n) is 10.4. The van der Waals surface area contributed by atoms with Crippen LogP contribution in [0.2, 0.25) is 0 Å². The zero-order valence-corrected chi connectivity index (χ0v) is 10.4. The molecule has 0 fully saturated rings. The van der Waals surface area contributed by atoms with Crippen molar-refractivity contribution in [3.8, 4) is 11.3 Å². The van der Waals surface area contributed by atoms with E-state index in [1.807, 2.05) is 31.3 Å². The molecule has 0 atom stereocenters. The summed E-state index contributed by atoms with van der Waals surface area (Å²) in [5, 5.41) is 14.7. The Labute approximate surface area is 107 Å². The lowest BCUT2D eigenvalue weighted by molar-refractivity contribution is 0.746. The molecule has 2 aromatic rings. The first-order valence-corrected chi connectivity index (χ1v) is 6.03. The molecule has 0 amide bonds. The number of rotatable bonds is 6. The molecule has 0 bridgehead atoms. The van der Waals surface area contributed by atoms with Crippen molar-refractivity contribution in [2.45, 2.75) is 6.42 Å². The van der Waals surface area contributed by atoms with Crippen molar-refractivity contribution in [2.24, 2.45) is 0 Å². The number of pyridine rings is 1. The van der Waals surface area contributed by atoms with E-state index in [4.69, 9.17) is 0 Å². The zero-order chi connectivity index (χ0) is 12.6. The Bertz CT molecular complexity index is 455. The summed E-state index contributed by atoms with van der Waals surface area (Å²) in [5.41, 5.74) is 1.82. The van der Waals surface area contributed by atoms with E-state index in [0.29, 0.717) is 0 Å². The van der Waals surface area contributed by atoms with Crippen LogP contribution in [0.1, 0.15) is 6.42 Å². The Balaban J connectivity index is 1.94. The molecule has 18 heavy (non-hydrogen) atoms. The van der Waals surface area contributed by atoms with Gasteiger partial charge in [-0.05, 0) is 44.3 Å². The quantitative estimate of drug-likeness (QED) is 0.754. The SMILES string of the molecule is CNCCCNc1ccc(-c2cccnc2)nn1. The van der Waals surface area contributed by atoms with E-state index < -0.39 is 0 Å². The highest BCUT2D eigenvalue weighted by atomic mass is 15.2. The maximum Gasteiger partial charge on any atom is 0.148 e. The fourth-order valence-corrected chi connectivity index (χ4v) is 1.58. The summed E-state index contributed by atoms with van der Waals surface area (Å²) in [4.78, 5) is 4.06. The average Bonchev–Trinajstić information content (AvgIpc) is 2.45. The van der Waals surface area contributed by atoms with E-state index in [2.05, 4.69) is 25.8 Å². The Kier molecular flexibility index (Phi) is 4.60. The molecular formula is C13H17N5. The summed E-state index contributed by atoms with van der Waals surface area (Å²) in [7, 11) is 1.95. The third-order valence-corrected chi connectivity index (χ3v) is 2.53. The van der Waals surface area contributed by atoms with Gasteiger partial charge in [-0.1, -0.05) is 0 Å².